The highest BCUT2D eigenvalue weighted by atomic mass is 35.5. The molecule has 0 spiro atoms. The Morgan fingerprint density at radius 2 is 1.81 bits per heavy atom. The van der Waals surface area contributed by atoms with E-state index in [0.29, 0.717) is 23.0 Å². The van der Waals surface area contributed by atoms with Crippen molar-refractivity contribution >= 4 is 35.0 Å². The predicted octanol–water partition coefficient (Wildman–Crippen LogP) is 5.53. The fourth-order valence-electron chi connectivity index (χ4n) is 7.68. The monoisotopic (exact) mass is 625 g/mol. The number of amides is 2. The third kappa shape index (κ3) is 4.99. The Morgan fingerprint density at radius 1 is 1.07 bits per heavy atom. The quantitative estimate of drug-likeness (QED) is 0.303. The molecule has 2 amide bonds. The lowest BCUT2D eigenvalue weighted by molar-refractivity contribution is -0.131. The van der Waals surface area contributed by atoms with Crippen LogP contribution in [0.2, 0.25) is 10.0 Å². The number of ether oxygens (including phenoxy) is 2. The highest BCUT2D eigenvalue weighted by Gasteiger charge is 2.64. The highest BCUT2D eigenvalue weighted by Crippen LogP contribution is 2.59. The van der Waals surface area contributed by atoms with Gasteiger partial charge in [0.15, 0.2) is 11.5 Å². The van der Waals surface area contributed by atoms with Crippen LogP contribution in [-0.2, 0) is 10.2 Å². The van der Waals surface area contributed by atoms with Crippen LogP contribution in [0.25, 0.3) is 0 Å². The molecule has 0 aliphatic carbocycles. The van der Waals surface area contributed by atoms with Gasteiger partial charge in [-0.1, -0.05) is 66.5 Å². The van der Waals surface area contributed by atoms with Crippen molar-refractivity contribution in [3.63, 3.8) is 0 Å². The number of phenolic OH excluding ortho intramolecular Hbond substituents is 1. The van der Waals surface area contributed by atoms with Gasteiger partial charge in [-0.25, -0.2) is 0 Å². The molecule has 8 nitrogen and oxygen atoms in total. The second kappa shape index (κ2) is 12.3. The molecule has 0 bridgehead atoms. The summed E-state index contributed by atoms with van der Waals surface area (Å²) in [6.07, 6.45) is 1.59. The van der Waals surface area contributed by atoms with E-state index < -0.39 is 22.8 Å². The maximum atomic E-state index is 14.7. The molecule has 2 heterocycles. The summed E-state index contributed by atoms with van der Waals surface area (Å²) in [6, 6.07) is 18.0. The minimum Gasteiger partial charge on any atom is -0.504 e. The Morgan fingerprint density at radius 3 is 2.40 bits per heavy atom. The molecule has 2 aliphatic heterocycles. The molecule has 4 unspecified atom stereocenters. The lowest BCUT2D eigenvalue weighted by Gasteiger charge is -2.61. The fraction of sp³-hybridized carbons (Fsp3) is 0.394. The number of nitrogens with zero attached hydrogens (tertiary/aromatic N) is 1. The molecule has 4 N–H and O–H groups in total. The van der Waals surface area contributed by atoms with Gasteiger partial charge >= 0.3 is 0 Å². The summed E-state index contributed by atoms with van der Waals surface area (Å²) >= 11 is 13.0. The molecular formula is C33H37Cl2N3O5. The third-order valence-corrected chi connectivity index (χ3v) is 10.3. The maximum absolute atomic E-state index is 14.7. The number of aromatic hydroxyl groups is 1. The van der Waals surface area contributed by atoms with E-state index in [1.807, 2.05) is 41.3 Å². The van der Waals surface area contributed by atoms with E-state index in [2.05, 4.69) is 12.2 Å². The van der Waals surface area contributed by atoms with Crippen molar-refractivity contribution in [2.75, 3.05) is 33.9 Å². The number of piperidine rings is 1. The zero-order valence-corrected chi connectivity index (χ0v) is 26.0. The van der Waals surface area contributed by atoms with Gasteiger partial charge in [0.1, 0.15) is 0 Å². The first-order valence-corrected chi connectivity index (χ1v) is 15.2. The van der Waals surface area contributed by atoms with Gasteiger partial charge in [0.2, 0.25) is 11.7 Å². The molecule has 0 aromatic heterocycles. The van der Waals surface area contributed by atoms with Crippen LogP contribution in [-0.4, -0.2) is 61.2 Å². The SMILES string of the molecule is CCC1(C2CCNC2)C(c2ccc(Cl)c(Cl)c2)C(C(N)=O)(c2ccccc2)CCN1C(=O)c1cc(O)c(OC)c(OC)c1. The Labute approximate surface area is 262 Å². The van der Waals surface area contributed by atoms with Gasteiger partial charge < -0.3 is 30.5 Å². The first-order chi connectivity index (χ1) is 20.6. The van der Waals surface area contributed by atoms with Crippen LogP contribution in [0.4, 0.5) is 0 Å². The fourth-order valence-corrected chi connectivity index (χ4v) is 7.98. The summed E-state index contributed by atoms with van der Waals surface area (Å²) in [4.78, 5) is 30.5. The topological polar surface area (TPSA) is 114 Å². The molecule has 2 fully saturated rings. The van der Waals surface area contributed by atoms with Crippen LogP contribution in [0.1, 0.15) is 53.6 Å². The number of carbonyl (C=O) groups excluding carboxylic acids is 2. The molecule has 0 saturated carbocycles. The summed E-state index contributed by atoms with van der Waals surface area (Å²) < 4.78 is 10.8. The Bertz CT molecular complexity index is 1510. The van der Waals surface area contributed by atoms with Gasteiger partial charge in [0, 0.05) is 24.6 Å². The first-order valence-electron chi connectivity index (χ1n) is 14.4. The van der Waals surface area contributed by atoms with E-state index in [1.165, 1.54) is 20.3 Å². The van der Waals surface area contributed by atoms with Gasteiger partial charge in [-0.2, -0.15) is 0 Å². The number of carbonyl (C=O) groups is 2. The Hall–Kier alpha value is -3.46. The Kier molecular flexibility index (Phi) is 8.84. The molecule has 4 atom stereocenters. The lowest BCUT2D eigenvalue weighted by Crippen LogP contribution is -2.70. The number of nitrogens with two attached hydrogens (primary N) is 1. The van der Waals surface area contributed by atoms with Crippen molar-refractivity contribution in [2.24, 2.45) is 11.7 Å². The predicted molar refractivity (Wildman–Crippen MR) is 167 cm³/mol. The molecule has 5 rings (SSSR count). The molecule has 228 valence electrons. The van der Waals surface area contributed by atoms with Crippen LogP contribution in [0.15, 0.2) is 60.7 Å². The van der Waals surface area contributed by atoms with E-state index in [-0.39, 0.29) is 47.6 Å². The number of methoxy groups -OCH3 is 2. The highest BCUT2D eigenvalue weighted by molar-refractivity contribution is 6.42. The van der Waals surface area contributed by atoms with Crippen molar-refractivity contribution in [2.45, 2.75) is 43.1 Å². The van der Waals surface area contributed by atoms with Crippen molar-refractivity contribution in [1.82, 2.24) is 10.2 Å². The van der Waals surface area contributed by atoms with Crippen LogP contribution in [0, 0.1) is 5.92 Å². The molecule has 2 saturated heterocycles. The van der Waals surface area contributed by atoms with Crippen LogP contribution in [0.5, 0.6) is 17.2 Å². The maximum Gasteiger partial charge on any atom is 0.254 e. The number of likely N-dealkylation sites (tertiary alicyclic amines) is 1. The molecule has 2 aliphatic rings. The number of hydrogen-bond acceptors (Lipinski definition) is 6. The molecule has 10 heteroatoms. The van der Waals surface area contributed by atoms with E-state index in [4.69, 9.17) is 38.4 Å². The largest absolute Gasteiger partial charge is 0.504 e. The van der Waals surface area contributed by atoms with Gasteiger partial charge in [0.05, 0.1) is 35.2 Å². The summed E-state index contributed by atoms with van der Waals surface area (Å²) in [5.41, 5.74) is 6.22. The number of halogens is 2. The number of hydrogen-bond donors (Lipinski definition) is 3. The van der Waals surface area contributed by atoms with Gasteiger partial charge in [-0.3, -0.25) is 9.59 Å². The smallest absolute Gasteiger partial charge is 0.254 e. The number of phenols is 1. The standard InChI is InChI=1S/C33H37Cl2N3O5/c1-4-33(23-12-14-37-19-23)29(20-10-11-24(34)25(35)16-20)32(31(36)41,22-8-6-5-7-9-22)13-15-38(33)30(40)21-17-26(39)28(43-3)27(18-21)42-2/h5-11,16-18,23,29,37,39H,4,12-15,19H2,1-3H3,(H2,36,41). The van der Waals surface area contributed by atoms with Crippen molar-refractivity contribution in [3.05, 3.63) is 87.4 Å². The van der Waals surface area contributed by atoms with E-state index in [0.717, 1.165) is 24.1 Å². The van der Waals surface area contributed by atoms with E-state index >= 15 is 0 Å². The molecule has 43 heavy (non-hydrogen) atoms. The second-order valence-corrected chi connectivity index (χ2v) is 12.1. The molecular weight excluding hydrogens is 589 g/mol. The zero-order chi connectivity index (χ0) is 30.9. The van der Waals surface area contributed by atoms with Gasteiger partial charge in [0.25, 0.3) is 5.91 Å². The average molecular weight is 627 g/mol. The van der Waals surface area contributed by atoms with Crippen LogP contribution < -0.4 is 20.5 Å². The second-order valence-electron chi connectivity index (χ2n) is 11.3. The summed E-state index contributed by atoms with van der Waals surface area (Å²) in [7, 11) is 2.88. The third-order valence-electron chi connectivity index (χ3n) is 9.52. The van der Waals surface area contributed by atoms with Gasteiger partial charge in [-0.15, -0.1) is 0 Å². The minimum atomic E-state index is -1.16. The number of nitrogens with one attached hydrogen (secondary N) is 1. The number of benzene rings is 3. The molecule has 3 aromatic rings. The average Bonchev–Trinajstić information content (AvgIpc) is 3.57. The number of rotatable bonds is 8. The van der Waals surface area contributed by atoms with Crippen LogP contribution in [0.3, 0.4) is 0 Å². The minimum absolute atomic E-state index is 0.0302. The van der Waals surface area contributed by atoms with Crippen molar-refractivity contribution < 1.29 is 24.2 Å². The first kappa shape index (κ1) is 31.0. The molecule has 3 aromatic carbocycles. The lowest BCUT2D eigenvalue weighted by atomic mass is 9.51. The normalized spacial score (nSPS) is 25.4. The van der Waals surface area contributed by atoms with E-state index in [9.17, 15) is 14.7 Å². The van der Waals surface area contributed by atoms with E-state index in [1.54, 1.807) is 18.2 Å². The summed E-state index contributed by atoms with van der Waals surface area (Å²) in [6.45, 7) is 3.73. The number of primary amides is 1. The van der Waals surface area contributed by atoms with Crippen molar-refractivity contribution in [1.29, 1.82) is 0 Å². The van der Waals surface area contributed by atoms with Crippen molar-refractivity contribution in [3.8, 4) is 17.2 Å². The summed E-state index contributed by atoms with van der Waals surface area (Å²) in [5, 5.41) is 15.0. The Balaban J connectivity index is 1.81. The van der Waals surface area contributed by atoms with Crippen LogP contribution >= 0.6 is 23.2 Å². The molecule has 0 radical (unpaired) electrons. The van der Waals surface area contributed by atoms with Gasteiger partial charge in [-0.05, 0) is 67.1 Å². The zero-order valence-electron chi connectivity index (χ0n) is 24.5. The summed E-state index contributed by atoms with van der Waals surface area (Å²) in [5.74, 6) is -1.18.